The number of allylic oxidation sites excluding steroid dienone is 2. The van der Waals surface area contributed by atoms with E-state index in [1.165, 1.54) is 347 Å². The molecule has 0 aliphatic heterocycles. The highest BCUT2D eigenvalue weighted by Gasteiger charge is 2.20. The van der Waals surface area contributed by atoms with Crippen LogP contribution in [-0.2, 0) is 28.6 Å². The minimum absolute atomic E-state index is 0.0615. The number of ether oxygens (including phenoxy) is 3. The molecule has 0 amide bonds. The molecule has 1 atom stereocenters. The molecule has 0 spiro atoms. The van der Waals surface area contributed by atoms with E-state index in [4.69, 9.17) is 14.2 Å². The van der Waals surface area contributed by atoms with Gasteiger partial charge in [0.1, 0.15) is 13.2 Å². The van der Waals surface area contributed by atoms with Crippen molar-refractivity contribution >= 4 is 17.9 Å². The molecule has 492 valence electrons. The Labute approximate surface area is 520 Å². The maximum Gasteiger partial charge on any atom is 0.306 e. The van der Waals surface area contributed by atoms with Crippen LogP contribution in [-0.4, -0.2) is 37.2 Å². The molecule has 0 fully saturated rings. The molecule has 0 radical (unpaired) electrons. The summed E-state index contributed by atoms with van der Waals surface area (Å²) in [5.74, 6) is -0.824. The van der Waals surface area contributed by atoms with E-state index in [2.05, 4.69) is 32.9 Å². The number of hydrogen-bond acceptors (Lipinski definition) is 6. The van der Waals surface area contributed by atoms with Crippen molar-refractivity contribution in [3.63, 3.8) is 0 Å². The molecule has 0 aromatic carbocycles. The molecule has 0 aliphatic rings. The molecule has 0 saturated heterocycles. The minimum atomic E-state index is -0.764. The summed E-state index contributed by atoms with van der Waals surface area (Å²) >= 11 is 0. The van der Waals surface area contributed by atoms with E-state index in [0.29, 0.717) is 19.3 Å². The summed E-state index contributed by atoms with van der Waals surface area (Å²) in [6, 6.07) is 0. The summed E-state index contributed by atoms with van der Waals surface area (Å²) < 4.78 is 17.0. The van der Waals surface area contributed by atoms with Crippen LogP contribution in [0.1, 0.15) is 445 Å². The maximum absolute atomic E-state index is 12.9. The number of carbonyl (C=O) groups excluding carboxylic acids is 3. The summed E-state index contributed by atoms with van der Waals surface area (Å²) in [6.45, 7) is 6.73. The predicted octanol–water partition coefficient (Wildman–Crippen LogP) is 26.3. The second-order valence-corrected chi connectivity index (χ2v) is 26.3. The summed E-state index contributed by atoms with van der Waals surface area (Å²) in [5.41, 5.74) is 0. The lowest BCUT2D eigenvalue weighted by Gasteiger charge is -2.18. The largest absolute Gasteiger partial charge is 0.462 e. The number of carbonyl (C=O) groups is 3. The van der Waals surface area contributed by atoms with Crippen LogP contribution >= 0.6 is 0 Å². The van der Waals surface area contributed by atoms with Crippen LogP contribution in [0.15, 0.2) is 12.2 Å². The molecular weight excluding hydrogens is 1020 g/mol. The molecule has 0 aromatic rings. The second kappa shape index (κ2) is 72.6. The SMILES string of the molecule is CCCCCCCCCC/C=C\CCCCCCCCCCCCCCCCCCCCCCCCCC(=O)OCC(COC(=O)CCCCCCCCCCCCC)OC(=O)CCCCCCCCCCCCCCCCCCCCC. The van der Waals surface area contributed by atoms with E-state index in [0.717, 1.165) is 57.8 Å². The Morgan fingerprint density at radius 2 is 0.398 bits per heavy atom. The van der Waals surface area contributed by atoms with Gasteiger partial charge in [-0.2, -0.15) is 0 Å². The second-order valence-electron chi connectivity index (χ2n) is 26.3. The molecule has 0 rings (SSSR count). The third-order valence-corrected chi connectivity index (χ3v) is 17.8. The fourth-order valence-corrected chi connectivity index (χ4v) is 12.0. The molecule has 0 bridgehead atoms. The van der Waals surface area contributed by atoms with Crippen LogP contribution in [0.3, 0.4) is 0 Å². The van der Waals surface area contributed by atoms with Gasteiger partial charge in [0.25, 0.3) is 0 Å². The normalized spacial score (nSPS) is 12.0. The fourth-order valence-electron chi connectivity index (χ4n) is 12.0. The molecule has 0 saturated carbocycles. The lowest BCUT2D eigenvalue weighted by atomic mass is 10.0. The first-order valence-corrected chi connectivity index (χ1v) is 38.2. The molecular formula is C77H148O6. The average Bonchev–Trinajstić information content (AvgIpc) is 3.48. The van der Waals surface area contributed by atoms with E-state index in [9.17, 15) is 14.4 Å². The Hall–Kier alpha value is -1.85. The number of unbranched alkanes of at least 4 members (excludes halogenated alkanes) is 59. The van der Waals surface area contributed by atoms with Gasteiger partial charge in [0.15, 0.2) is 6.10 Å². The van der Waals surface area contributed by atoms with Crippen molar-refractivity contribution in [1.82, 2.24) is 0 Å². The van der Waals surface area contributed by atoms with Crippen LogP contribution < -0.4 is 0 Å². The minimum Gasteiger partial charge on any atom is -0.462 e. The van der Waals surface area contributed by atoms with Gasteiger partial charge in [0, 0.05) is 19.3 Å². The third kappa shape index (κ3) is 70.8. The summed E-state index contributed by atoms with van der Waals surface area (Å²) in [7, 11) is 0. The van der Waals surface area contributed by atoms with Crippen LogP contribution in [0.2, 0.25) is 0 Å². The highest BCUT2D eigenvalue weighted by Crippen LogP contribution is 2.20. The van der Waals surface area contributed by atoms with Gasteiger partial charge < -0.3 is 14.2 Å². The Morgan fingerprint density at radius 1 is 0.229 bits per heavy atom. The lowest BCUT2D eigenvalue weighted by molar-refractivity contribution is -0.167. The fraction of sp³-hybridized carbons (Fsp3) is 0.935. The van der Waals surface area contributed by atoms with Crippen LogP contribution in [0.4, 0.5) is 0 Å². The van der Waals surface area contributed by atoms with Gasteiger partial charge in [-0.15, -0.1) is 0 Å². The third-order valence-electron chi connectivity index (χ3n) is 17.8. The van der Waals surface area contributed by atoms with Crippen LogP contribution in [0.25, 0.3) is 0 Å². The summed E-state index contributed by atoms with van der Waals surface area (Å²) in [6.07, 6.45) is 88.6. The highest BCUT2D eigenvalue weighted by molar-refractivity contribution is 5.71. The average molecular weight is 1170 g/mol. The van der Waals surface area contributed by atoms with E-state index >= 15 is 0 Å². The van der Waals surface area contributed by atoms with E-state index in [1.807, 2.05) is 0 Å². The first-order chi connectivity index (χ1) is 41.0. The van der Waals surface area contributed by atoms with Gasteiger partial charge >= 0.3 is 17.9 Å². The Kier molecular flexibility index (Phi) is 71.0. The highest BCUT2D eigenvalue weighted by atomic mass is 16.6. The van der Waals surface area contributed by atoms with Crippen molar-refractivity contribution in [2.75, 3.05) is 13.2 Å². The lowest BCUT2D eigenvalue weighted by Crippen LogP contribution is -2.30. The van der Waals surface area contributed by atoms with Crippen molar-refractivity contribution in [3.05, 3.63) is 12.2 Å². The van der Waals surface area contributed by atoms with Gasteiger partial charge in [-0.25, -0.2) is 0 Å². The number of rotatable bonds is 72. The monoisotopic (exact) mass is 1170 g/mol. The zero-order valence-corrected chi connectivity index (χ0v) is 56.8. The number of esters is 3. The molecule has 0 heterocycles. The first-order valence-electron chi connectivity index (χ1n) is 38.2. The zero-order chi connectivity index (χ0) is 59.9. The number of hydrogen-bond donors (Lipinski definition) is 0. The van der Waals surface area contributed by atoms with Crippen molar-refractivity contribution in [2.45, 2.75) is 451 Å². The molecule has 0 N–H and O–H groups in total. The van der Waals surface area contributed by atoms with E-state index in [-0.39, 0.29) is 31.1 Å². The zero-order valence-electron chi connectivity index (χ0n) is 56.8. The van der Waals surface area contributed by atoms with Crippen LogP contribution in [0.5, 0.6) is 0 Å². The van der Waals surface area contributed by atoms with Gasteiger partial charge in [-0.05, 0) is 44.9 Å². The van der Waals surface area contributed by atoms with Gasteiger partial charge in [-0.3, -0.25) is 14.4 Å². The van der Waals surface area contributed by atoms with Gasteiger partial charge in [0.2, 0.25) is 0 Å². The van der Waals surface area contributed by atoms with Crippen molar-refractivity contribution in [2.24, 2.45) is 0 Å². The topological polar surface area (TPSA) is 78.9 Å². The van der Waals surface area contributed by atoms with E-state index in [1.54, 1.807) is 0 Å². The molecule has 83 heavy (non-hydrogen) atoms. The molecule has 6 nitrogen and oxygen atoms in total. The van der Waals surface area contributed by atoms with Gasteiger partial charge in [0.05, 0.1) is 0 Å². The Balaban J connectivity index is 4.01. The molecule has 1 unspecified atom stereocenters. The molecule has 0 aromatic heterocycles. The summed E-state index contributed by atoms with van der Waals surface area (Å²) in [5, 5.41) is 0. The van der Waals surface area contributed by atoms with E-state index < -0.39 is 6.10 Å². The Morgan fingerprint density at radius 3 is 0.602 bits per heavy atom. The van der Waals surface area contributed by atoms with Crippen molar-refractivity contribution in [3.8, 4) is 0 Å². The Bertz CT molecular complexity index is 1300. The van der Waals surface area contributed by atoms with Crippen LogP contribution in [0, 0.1) is 0 Å². The first kappa shape index (κ1) is 81.2. The van der Waals surface area contributed by atoms with Crippen molar-refractivity contribution in [1.29, 1.82) is 0 Å². The standard InChI is InChI=1S/C77H148O6/c1-4-7-10-13-16-19-22-24-26-28-30-31-32-33-34-35-36-37-38-39-40-41-42-43-44-45-47-48-50-52-55-58-61-64-67-70-76(79)82-73-74(72-81-75(78)69-66-63-60-57-54-21-18-15-12-9-6-3)83-77(80)71-68-65-62-59-56-53-51-49-46-29-27-25-23-20-17-14-11-8-5-2/h28,30,74H,4-27,29,31-73H2,1-3H3/b30-28-. The summed E-state index contributed by atoms with van der Waals surface area (Å²) in [4.78, 5) is 38.4. The quantitative estimate of drug-likeness (QED) is 0.0261. The molecule has 0 aliphatic carbocycles. The maximum atomic E-state index is 12.9. The van der Waals surface area contributed by atoms with Crippen molar-refractivity contribution < 1.29 is 28.6 Å². The molecule has 6 heteroatoms. The smallest absolute Gasteiger partial charge is 0.306 e. The predicted molar refractivity (Wildman–Crippen MR) is 363 cm³/mol. The van der Waals surface area contributed by atoms with Gasteiger partial charge in [-0.1, -0.05) is 392 Å².